The molecule has 7 nitrogen and oxygen atoms in total. The van der Waals surface area contributed by atoms with Crippen molar-refractivity contribution in [2.75, 3.05) is 24.6 Å². The molecule has 1 aliphatic rings. The Hall–Kier alpha value is -1.83. The SMILES string of the molecule is Nc1cccnc1CSCCNC1=NCCC1[N+](=O)[O-]. The maximum absolute atomic E-state index is 10.8. The van der Waals surface area contributed by atoms with E-state index in [1.807, 2.05) is 6.07 Å². The van der Waals surface area contributed by atoms with Crippen molar-refractivity contribution in [3.63, 3.8) is 0 Å². The lowest BCUT2D eigenvalue weighted by Gasteiger charge is -2.08. The average molecular weight is 295 g/mol. The Kier molecular flexibility index (Phi) is 5.16. The zero-order valence-electron chi connectivity index (χ0n) is 11.0. The monoisotopic (exact) mass is 295 g/mol. The van der Waals surface area contributed by atoms with Crippen molar-refractivity contribution in [1.29, 1.82) is 0 Å². The van der Waals surface area contributed by atoms with Crippen molar-refractivity contribution < 1.29 is 4.92 Å². The van der Waals surface area contributed by atoms with Crippen molar-refractivity contribution in [2.45, 2.75) is 18.2 Å². The van der Waals surface area contributed by atoms with E-state index in [9.17, 15) is 10.1 Å². The van der Waals surface area contributed by atoms with Crippen LogP contribution < -0.4 is 11.1 Å². The fourth-order valence-electron chi connectivity index (χ4n) is 1.92. The van der Waals surface area contributed by atoms with E-state index in [2.05, 4.69) is 15.3 Å². The first-order valence-corrected chi connectivity index (χ1v) is 7.53. The summed E-state index contributed by atoms with van der Waals surface area (Å²) in [5.41, 5.74) is 7.37. The molecular formula is C12H17N5O2S. The molecule has 0 saturated heterocycles. The molecule has 1 aliphatic heterocycles. The van der Waals surface area contributed by atoms with E-state index in [1.54, 1.807) is 24.0 Å². The molecule has 1 aromatic heterocycles. The van der Waals surface area contributed by atoms with Crippen molar-refractivity contribution >= 4 is 23.3 Å². The van der Waals surface area contributed by atoms with Crippen LogP contribution in [0.3, 0.4) is 0 Å². The number of nitrogen functional groups attached to an aromatic ring is 1. The lowest BCUT2D eigenvalue weighted by Crippen LogP contribution is -2.38. The topological polar surface area (TPSA) is 106 Å². The van der Waals surface area contributed by atoms with Crippen LogP contribution >= 0.6 is 11.8 Å². The number of rotatable bonds is 6. The lowest BCUT2D eigenvalue weighted by molar-refractivity contribution is -0.502. The first-order chi connectivity index (χ1) is 9.68. The maximum atomic E-state index is 10.8. The van der Waals surface area contributed by atoms with Gasteiger partial charge in [-0.25, -0.2) is 0 Å². The Bertz CT molecular complexity index is 508. The number of aliphatic imine (C=N–C) groups is 1. The number of pyridine rings is 1. The third-order valence-electron chi connectivity index (χ3n) is 2.97. The molecular weight excluding hydrogens is 278 g/mol. The van der Waals surface area contributed by atoms with Crippen molar-refractivity contribution in [1.82, 2.24) is 10.3 Å². The molecule has 0 aliphatic carbocycles. The first-order valence-electron chi connectivity index (χ1n) is 6.37. The van der Waals surface area contributed by atoms with Crippen molar-refractivity contribution in [3.8, 4) is 0 Å². The van der Waals surface area contributed by atoms with Crippen LogP contribution in [0.15, 0.2) is 23.3 Å². The summed E-state index contributed by atoms with van der Waals surface area (Å²) in [5.74, 6) is 2.06. The van der Waals surface area contributed by atoms with Gasteiger partial charge in [-0.3, -0.25) is 20.1 Å². The van der Waals surface area contributed by atoms with Gasteiger partial charge in [-0.2, -0.15) is 11.8 Å². The number of anilines is 1. The van der Waals surface area contributed by atoms with Gasteiger partial charge >= 0.3 is 0 Å². The molecule has 1 unspecified atom stereocenters. The maximum Gasteiger partial charge on any atom is 0.270 e. The van der Waals surface area contributed by atoms with Gasteiger partial charge in [0, 0.05) is 42.1 Å². The van der Waals surface area contributed by atoms with Gasteiger partial charge in [0.15, 0.2) is 5.84 Å². The van der Waals surface area contributed by atoms with Crippen LogP contribution in [0.5, 0.6) is 0 Å². The highest BCUT2D eigenvalue weighted by Crippen LogP contribution is 2.15. The van der Waals surface area contributed by atoms with Crippen LogP contribution in [-0.2, 0) is 5.75 Å². The fourth-order valence-corrected chi connectivity index (χ4v) is 2.74. The largest absolute Gasteiger partial charge is 0.397 e. The molecule has 0 spiro atoms. The highest BCUT2D eigenvalue weighted by atomic mass is 32.2. The second-order valence-electron chi connectivity index (χ2n) is 4.38. The Morgan fingerprint density at radius 3 is 3.20 bits per heavy atom. The van der Waals surface area contributed by atoms with Gasteiger partial charge in [-0.1, -0.05) is 0 Å². The summed E-state index contributed by atoms with van der Waals surface area (Å²) >= 11 is 1.68. The van der Waals surface area contributed by atoms with Crippen LogP contribution in [0, 0.1) is 10.1 Å². The van der Waals surface area contributed by atoms with Gasteiger partial charge in [0.25, 0.3) is 6.04 Å². The molecule has 0 amide bonds. The van der Waals surface area contributed by atoms with Gasteiger partial charge in [-0.15, -0.1) is 0 Å². The van der Waals surface area contributed by atoms with Gasteiger partial charge in [-0.05, 0) is 12.1 Å². The third kappa shape index (κ3) is 3.83. The molecule has 2 heterocycles. The molecule has 0 radical (unpaired) electrons. The molecule has 3 N–H and O–H groups in total. The van der Waals surface area contributed by atoms with Crippen LogP contribution in [0.4, 0.5) is 5.69 Å². The number of nitrogens with zero attached hydrogens (tertiary/aromatic N) is 3. The second kappa shape index (κ2) is 7.09. The molecule has 1 aromatic rings. The zero-order valence-corrected chi connectivity index (χ0v) is 11.8. The number of nitrogens with two attached hydrogens (primary N) is 1. The molecule has 0 fully saturated rings. The predicted octanol–water partition coefficient (Wildman–Crippen LogP) is 0.934. The minimum atomic E-state index is -0.661. The molecule has 1 atom stereocenters. The van der Waals surface area contributed by atoms with E-state index in [1.165, 1.54) is 0 Å². The van der Waals surface area contributed by atoms with Crippen molar-refractivity contribution in [3.05, 3.63) is 34.1 Å². The van der Waals surface area contributed by atoms with E-state index in [0.29, 0.717) is 31.0 Å². The number of thioether (sulfide) groups is 1. The van der Waals surface area contributed by atoms with E-state index >= 15 is 0 Å². The first kappa shape index (κ1) is 14.6. The third-order valence-corrected chi connectivity index (χ3v) is 3.94. The minimum absolute atomic E-state index is 0.277. The van der Waals surface area contributed by atoms with Crippen LogP contribution in [0.1, 0.15) is 12.1 Å². The summed E-state index contributed by atoms with van der Waals surface area (Å²) in [6, 6.07) is 2.98. The van der Waals surface area contributed by atoms with E-state index in [4.69, 9.17) is 5.73 Å². The standard InChI is InChI=1S/C12H17N5O2S/c13-9-2-1-4-14-10(9)8-20-7-6-16-12-11(17(18)19)3-5-15-12/h1-2,4,11H,3,5-8,13H2,(H,15,16). The van der Waals surface area contributed by atoms with E-state index in [-0.39, 0.29) is 4.92 Å². The summed E-state index contributed by atoms with van der Waals surface area (Å²) in [4.78, 5) is 18.8. The van der Waals surface area contributed by atoms with Crippen LogP contribution in [0.25, 0.3) is 0 Å². The minimum Gasteiger partial charge on any atom is -0.397 e. The van der Waals surface area contributed by atoms with Gasteiger partial charge in [0.05, 0.1) is 11.4 Å². The second-order valence-corrected chi connectivity index (χ2v) is 5.48. The zero-order chi connectivity index (χ0) is 14.4. The number of hydrogen-bond donors (Lipinski definition) is 2. The molecule has 108 valence electrons. The van der Waals surface area contributed by atoms with Gasteiger partial charge in [0.2, 0.25) is 0 Å². The summed E-state index contributed by atoms with van der Waals surface area (Å²) in [6.07, 6.45) is 2.21. The Balaban J connectivity index is 1.67. The quantitative estimate of drug-likeness (QED) is 0.459. The Morgan fingerprint density at radius 2 is 2.45 bits per heavy atom. The molecule has 8 heteroatoms. The summed E-state index contributed by atoms with van der Waals surface area (Å²) in [6.45, 7) is 1.19. The normalized spacial score (nSPS) is 17.8. The van der Waals surface area contributed by atoms with Crippen LogP contribution in [0.2, 0.25) is 0 Å². The predicted molar refractivity (Wildman–Crippen MR) is 80.5 cm³/mol. The van der Waals surface area contributed by atoms with Gasteiger partial charge < -0.3 is 11.1 Å². The summed E-state index contributed by atoms with van der Waals surface area (Å²) in [7, 11) is 0. The van der Waals surface area contributed by atoms with E-state index in [0.717, 1.165) is 17.2 Å². The lowest BCUT2D eigenvalue weighted by atomic mass is 10.2. The number of hydrogen-bond acceptors (Lipinski definition) is 7. The molecule has 2 rings (SSSR count). The summed E-state index contributed by atoms with van der Waals surface area (Å²) in [5, 5.41) is 13.8. The summed E-state index contributed by atoms with van der Waals surface area (Å²) < 4.78 is 0. The van der Waals surface area contributed by atoms with Gasteiger partial charge in [0.1, 0.15) is 0 Å². The highest BCUT2D eigenvalue weighted by Gasteiger charge is 2.30. The highest BCUT2D eigenvalue weighted by molar-refractivity contribution is 7.98. The van der Waals surface area contributed by atoms with Crippen LogP contribution in [-0.4, -0.2) is 40.6 Å². The fraction of sp³-hybridized carbons (Fsp3) is 0.500. The molecule has 0 saturated carbocycles. The number of amidine groups is 1. The van der Waals surface area contributed by atoms with Crippen molar-refractivity contribution in [2.24, 2.45) is 4.99 Å². The number of aromatic nitrogens is 1. The average Bonchev–Trinajstić information content (AvgIpc) is 2.89. The number of nitro groups is 1. The van der Waals surface area contributed by atoms with E-state index < -0.39 is 6.04 Å². The molecule has 0 aromatic carbocycles. The molecule has 0 bridgehead atoms. The Labute approximate surface area is 121 Å². The smallest absolute Gasteiger partial charge is 0.270 e. The number of nitrogens with one attached hydrogen (secondary N) is 1. The molecule has 20 heavy (non-hydrogen) atoms. The Morgan fingerprint density at radius 1 is 1.60 bits per heavy atom.